The third-order valence-corrected chi connectivity index (χ3v) is 5.05. The van der Waals surface area contributed by atoms with E-state index in [9.17, 15) is 9.59 Å². The number of ether oxygens (including phenoxy) is 2. The second-order valence-electron chi connectivity index (χ2n) is 6.80. The van der Waals surface area contributed by atoms with Crippen molar-refractivity contribution in [2.24, 2.45) is 0 Å². The van der Waals surface area contributed by atoms with E-state index in [-0.39, 0.29) is 23.1 Å². The number of hydrogen-bond donors (Lipinski definition) is 1. The average molecular weight is 402 g/mol. The van der Waals surface area contributed by atoms with E-state index >= 15 is 0 Å². The number of carbonyl (C=O) groups is 2. The molecule has 1 atom stereocenters. The molecule has 0 saturated carbocycles. The largest absolute Gasteiger partial charge is 0.481 e. The van der Waals surface area contributed by atoms with Gasteiger partial charge in [0, 0.05) is 5.69 Å². The maximum Gasteiger partial charge on any atom is 0.339 e. The summed E-state index contributed by atoms with van der Waals surface area (Å²) in [6.45, 7) is 3.69. The topological polar surface area (TPSA) is 64.6 Å². The van der Waals surface area contributed by atoms with Crippen LogP contribution in [0.4, 0.5) is 5.69 Å². The van der Waals surface area contributed by atoms with Crippen molar-refractivity contribution in [2.45, 2.75) is 45.6 Å². The van der Waals surface area contributed by atoms with Crippen LogP contribution < -0.4 is 10.1 Å². The Hall–Kier alpha value is -2.53. The Morgan fingerprint density at radius 2 is 1.86 bits per heavy atom. The zero-order valence-electron chi connectivity index (χ0n) is 16.1. The number of esters is 1. The molecule has 0 radical (unpaired) electrons. The first-order valence-corrected chi connectivity index (χ1v) is 9.91. The number of carbonyl (C=O) groups excluding carboxylic acids is 2. The molecule has 0 fully saturated rings. The fourth-order valence-electron chi connectivity index (χ4n) is 3.25. The van der Waals surface area contributed by atoms with Gasteiger partial charge in [0.05, 0.1) is 17.2 Å². The molecule has 1 amide bonds. The van der Waals surface area contributed by atoms with Crippen LogP contribution in [0.15, 0.2) is 36.4 Å². The molecule has 2 aromatic rings. The summed E-state index contributed by atoms with van der Waals surface area (Å²) in [5.41, 5.74) is 3.42. The predicted molar refractivity (Wildman–Crippen MR) is 109 cm³/mol. The van der Waals surface area contributed by atoms with Crippen LogP contribution in [-0.2, 0) is 22.4 Å². The molecule has 1 aliphatic carbocycles. The fraction of sp³-hybridized carbons (Fsp3) is 0.364. The van der Waals surface area contributed by atoms with Crippen molar-refractivity contribution in [1.82, 2.24) is 0 Å². The molecule has 5 nitrogen and oxygen atoms in total. The van der Waals surface area contributed by atoms with Crippen LogP contribution in [0.2, 0.25) is 5.02 Å². The number of benzene rings is 2. The van der Waals surface area contributed by atoms with Gasteiger partial charge in [-0.1, -0.05) is 17.7 Å². The van der Waals surface area contributed by atoms with Crippen LogP contribution in [-0.4, -0.2) is 24.6 Å². The highest BCUT2D eigenvalue weighted by Gasteiger charge is 2.18. The van der Waals surface area contributed by atoms with E-state index in [0.29, 0.717) is 11.4 Å². The van der Waals surface area contributed by atoms with E-state index in [0.717, 1.165) is 12.8 Å². The molecular formula is C22H24ClNO4. The highest BCUT2D eigenvalue weighted by atomic mass is 35.5. The summed E-state index contributed by atoms with van der Waals surface area (Å²) in [4.78, 5) is 24.3. The molecule has 28 heavy (non-hydrogen) atoms. The second kappa shape index (κ2) is 9.11. The molecule has 0 bridgehead atoms. The normalized spacial score (nSPS) is 14.0. The van der Waals surface area contributed by atoms with Crippen molar-refractivity contribution in [3.8, 4) is 5.75 Å². The van der Waals surface area contributed by atoms with Gasteiger partial charge in [0.1, 0.15) is 5.75 Å². The van der Waals surface area contributed by atoms with Crippen LogP contribution in [0.5, 0.6) is 5.75 Å². The minimum atomic E-state index is -0.676. The molecule has 0 aromatic heterocycles. The fourth-order valence-corrected chi connectivity index (χ4v) is 3.51. The Labute approximate surface area is 170 Å². The van der Waals surface area contributed by atoms with Crippen LogP contribution in [0.1, 0.15) is 48.2 Å². The van der Waals surface area contributed by atoms with Crippen LogP contribution in [0, 0.1) is 0 Å². The molecule has 0 saturated heterocycles. The first-order chi connectivity index (χ1) is 13.5. The average Bonchev–Trinajstić information content (AvgIpc) is 2.68. The number of hydrogen-bond acceptors (Lipinski definition) is 4. The first kappa shape index (κ1) is 20.2. The molecule has 0 heterocycles. The number of halogens is 1. The standard InChI is InChI=1S/C22H24ClNO4/c1-3-27-22(26)19-11-9-17(13-20(19)23)24-21(25)14(2)28-18-10-8-15-6-4-5-7-16(15)12-18/h8-14H,3-7H2,1-2H3,(H,24,25)/t14-/m1/s1. The zero-order chi connectivity index (χ0) is 20.1. The van der Waals surface area contributed by atoms with Gasteiger partial charge in [-0.15, -0.1) is 0 Å². The quantitative estimate of drug-likeness (QED) is 0.706. The van der Waals surface area contributed by atoms with Gasteiger partial charge in [-0.2, -0.15) is 0 Å². The third kappa shape index (κ3) is 4.84. The lowest BCUT2D eigenvalue weighted by Gasteiger charge is -2.19. The number of rotatable bonds is 6. The highest BCUT2D eigenvalue weighted by Crippen LogP contribution is 2.26. The molecular weight excluding hydrogens is 378 g/mol. The van der Waals surface area contributed by atoms with Crippen molar-refractivity contribution >= 4 is 29.2 Å². The van der Waals surface area contributed by atoms with Crippen molar-refractivity contribution in [3.63, 3.8) is 0 Å². The lowest BCUT2D eigenvalue weighted by atomic mass is 9.92. The Kier molecular flexibility index (Phi) is 6.57. The summed E-state index contributed by atoms with van der Waals surface area (Å²) in [6.07, 6.45) is 3.90. The second-order valence-corrected chi connectivity index (χ2v) is 7.21. The predicted octanol–water partition coefficient (Wildman–Crippen LogP) is 4.80. The number of anilines is 1. The maximum atomic E-state index is 12.5. The van der Waals surface area contributed by atoms with Gasteiger partial charge < -0.3 is 14.8 Å². The van der Waals surface area contributed by atoms with Crippen LogP contribution >= 0.6 is 11.6 Å². The third-order valence-electron chi connectivity index (χ3n) is 4.73. The summed E-state index contributed by atoms with van der Waals surface area (Å²) in [6, 6.07) is 10.7. The summed E-state index contributed by atoms with van der Waals surface area (Å²) in [5.74, 6) is -0.0915. The maximum absolute atomic E-state index is 12.5. The Morgan fingerprint density at radius 1 is 1.11 bits per heavy atom. The van der Waals surface area contributed by atoms with Gasteiger partial charge in [0.15, 0.2) is 6.10 Å². The first-order valence-electron chi connectivity index (χ1n) is 9.54. The molecule has 0 unspecified atom stereocenters. The van der Waals surface area contributed by atoms with E-state index in [2.05, 4.69) is 11.4 Å². The monoisotopic (exact) mass is 401 g/mol. The Bertz CT molecular complexity index is 881. The van der Waals surface area contributed by atoms with E-state index in [4.69, 9.17) is 21.1 Å². The molecule has 148 valence electrons. The zero-order valence-corrected chi connectivity index (χ0v) is 16.8. The van der Waals surface area contributed by atoms with Crippen molar-refractivity contribution in [2.75, 3.05) is 11.9 Å². The van der Waals surface area contributed by atoms with Crippen molar-refractivity contribution in [1.29, 1.82) is 0 Å². The SMILES string of the molecule is CCOC(=O)c1ccc(NC(=O)[C@@H](C)Oc2ccc3c(c2)CCCC3)cc1Cl. The smallest absolute Gasteiger partial charge is 0.339 e. The summed E-state index contributed by atoms with van der Waals surface area (Å²) in [5, 5.41) is 2.98. The molecule has 3 rings (SSSR count). The van der Waals surface area contributed by atoms with Gasteiger partial charge in [0.2, 0.25) is 0 Å². The summed E-state index contributed by atoms with van der Waals surface area (Å²) in [7, 11) is 0. The molecule has 6 heteroatoms. The minimum Gasteiger partial charge on any atom is -0.481 e. The molecule has 0 aliphatic heterocycles. The van der Waals surface area contributed by atoms with E-state index in [1.54, 1.807) is 19.9 Å². The van der Waals surface area contributed by atoms with Crippen molar-refractivity contribution in [3.05, 3.63) is 58.1 Å². The number of aryl methyl sites for hydroxylation is 2. The van der Waals surface area contributed by atoms with Crippen molar-refractivity contribution < 1.29 is 19.1 Å². The number of fused-ring (bicyclic) bond motifs is 1. The molecule has 1 N–H and O–H groups in total. The van der Waals surface area contributed by atoms with E-state index < -0.39 is 12.1 Å². The van der Waals surface area contributed by atoms with E-state index in [1.807, 2.05) is 12.1 Å². The molecule has 0 spiro atoms. The summed E-state index contributed by atoms with van der Waals surface area (Å²) < 4.78 is 10.8. The highest BCUT2D eigenvalue weighted by molar-refractivity contribution is 6.34. The van der Waals surface area contributed by atoms with Gasteiger partial charge in [-0.05, 0) is 81.0 Å². The lowest BCUT2D eigenvalue weighted by molar-refractivity contribution is -0.122. The lowest BCUT2D eigenvalue weighted by Crippen LogP contribution is -2.30. The molecule has 1 aliphatic rings. The molecule has 2 aromatic carbocycles. The van der Waals surface area contributed by atoms with Crippen LogP contribution in [0.3, 0.4) is 0 Å². The van der Waals surface area contributed by atoms with Gasteiger partial charge in [-0.3, -0.25) is 4.79 Å². The van der Waals surface area contributed by atoms with Gasteiger partial charge in [0.25, 0.3) is 5.91 Å². The minimum absolute atomic E-state index is 0.222. The van der Waals surface area contributed by atoms with Crippen LogP contribution in [0.25, 0.3) is 0 Å². The summed E-state index contributed by atoms with van der Waals surface area (Å²) >= 11 is 6.14. The van der Waals surface area contributed by atoms with Gasteiger partial charge in [-0.25, -0.2) is 4.79 Å². The van der Waals surface area contributed by atoms with Gasteiger partial charge >= 0.3 is 5.97 Å². The van der Waals surface area contributed by atoms with E-state index in [1.165, 1.54) is 36.1 Å². The Balaban J connectivity index is 1.62. The number of nitrogens with one attached hydrogen (secondary N) is 1. The Morgan fingerprint density at radius 3 is 2.57 bits per heavy atom. The number of amides is 1.